The van der Waals surface area contributed by atoms with Gasteiger partial charge in [-0.15, -0.1) is 11.8 Å². The number of carboxylic acid groups (broad SMARTS) is 1. The van der Waals surface area contributed by atoms with E-state index >= 15 is 0 Å². The van der Waals surface area contributed by atoms with E-state index in [9.17, 15) is 9.90 Å². The van der Waals surface area contributed by atoms with Gasteiger partial charge in [-0.25, -0.2) is 0 Å². The zero-order chi connectivity index (χ0) is 12.0. The summed E-state index contributed by atoms with van der Waals surface area (Å²) in [7, 11) is 0. The van der Waals surface area contributed by atoms with Gasteiger partial charge in [0.1, 0.15) is 5.25 Å². The Labute approximate surface area is 103 Å². The highest BCUT2D eigenvalue weighted by atomic mass is 32.2. The van der Waals surface area contributed by atoms with Crippen LogP contribution in [-0.4, -0.2) is 21.6 Å². The van der Waals surface area contributed by atoms with Crippen LogP contribution in [0, 0.1) is 5.92 Å². The molecule has 0 aromatic heterocycles. The summed E-state index contributed by atoms with van der Waals surface area (Å²) in [6.07, 6.45) is 7.98. The van der Waals surface area contributed by atoms with E-state index in [0.717, 1.165) is 25.2 Å². The summed E-state index contributed by atoms with van der Waals surface area (Å²) in [5.41, 5.74) is 0. The van der Waals surface area contributed by atoms with Crippen molar-refractivity contribution in [3.63, 3.8) is 0 Å². The summed E-state index contributed by atoms with van der Waals surface area (Å²) < 4.78 is 0. The lowest BCUT2D eigenvalue weighted by atomic mass is 9.91. The minimum Gasteiger partial charge on any atom is -0.480 e. The van der Waals surface area contributed by atoms with Crippen LogP contribution in [0.3, 0.4) is 0 Å². The summed E-state index contributed by atoms with van der Waals surface area (Å²) in [6.45, 7) is 4.40. The van der Waals surface area contributed by atoms with E-state index in [4.69, 9.17) is 0 Å². The van der Waals surface area contributed by atoms with Crippen LogP contribution in [0.2, 0.25) is 0 Å². The Bertz CT molecular complexity index is 218. The fraction of sp³-hybridized carbons (Fsp3) is 0.923. The van der Waals surface area contributed by atoms with Crippen LogP contribution in [0.1, 0.15) is 58.8 Å². The quantitative estimate of drug-likeness (QED) is 0.769. The predicted molar refractivity (Wildman–Crippen MR) is 70.0 cm³/mol. The molecule has 1 rings (SSSR count). The molecule has 1 aliphatic rings. The average Bonchev–Trinajstić information content (AvgIpc) is 2.24. The summed E-state index contributed by atoms with van der Waals surface area (Å²) in [6, 6.07) is 0. The predicted octanol–water partition coefficient (Wildman–Crippen LogP) is 3.94. The topological polar surface area (TPSA) is 37.3 Å². The molecule has 0 amide bonds. The molecule has 0 aliphatic heterocycles. The van der Waals surface area contributed by atoms with Gasteiger partial charge in [0.2, 0.25) is 0 Å². The molecule has 1 fully saturated rings. The van der Waals surface area contributed by atoms with Crippen molar-refractivity contribution in [3.8, 4) is 0 Å². The first-order chi connectivity index (χ1) is 7.63. The first-order valence-corrected chi connectivity index (χ1v) is 7.46. The highest BCUT2D eigenvalue weighted by molar-refractivity contribution is 8.01. The zero-order valence-electron chi connectivity index (χ0n) is 10.4. The minimum atomic E-state index is -0.614. The summed E-state index contributed by atoms with van der Waals surface area (Å²) in [5.74, 6) is 0.170. The van der Waals surface area contributed by atoms with Crippen molar-refractivity contribution < 1.29 is 9.90 Å². The Morgan fingerprint density at radius 1 is 1.50 bits per heavy atom. The van der Waals surface area contributed by atoms with Crippen molar-refractivity contribution in [2.24, 2.45) is 5.92 Å². The molecule has 16 heavy (non-hydrogen) atoms. The van der Waals surface area contributed by atoms with Gasteiger partial charge in [0.25, 0.3) is 0 Å². The van der Waals surface area contributed by atoms with E-state index in [2.05, 4.69) is 13.8 Å². The smallest absolute Gasteiger partial charge is 0.316 e. The second-order valence-electron chi connectivity index (χ2n) is 5.00. The second-order valence-corrected chi connectivity index (χ2v) is 6.51. The lowest BCUT2D eigenvalue weighted by molar-refractivity contribution is -0.136. The molecule has 94 valence electrons. The summed E-state index contributed by atoms with van der Waals surface area (Å²) in [4.78, 5) is 11.1. The van der Waals surface area contributed by atoms with Crippen LogP contribution >= 0.6 is 11.8 Å². The highest BCUT2D eigenvalue weighted by Gasteiger charge is 2.26. The zero-order valence-corrected chi connectivity index (χ0v) is 11.3. The number of carboxylic acids is 1. The van der Waals surface area contributed by atoms with Crippen LogP contribution in [-0.2, 0) is 4.79 Å². The molecule has 3 unspecified atom stereocenters. The van der Waals surface area contributed by atoms with E-state index in [1.807, 2.05) is 0 Å². The lowest BCUT2D eigenvalue weighted by Gasteiger charge is -2.28. The van der Waals surface area contributed by atoms with Crippen LogP contribution in [0.25, 0.3) is 0 Å². The normalized spacial score (nSPS) is 27.6. The van der Waals surface area contributed by atoms with Gasteiger partial charge in [0.15, 0.2) is 0 Å². The fourth-order valence-corrected chi connectivity index (χ4v) is 4.00. The fourth-order valence-electron chi connectivity index (χ4n) is 2.37. The van der Waals surface area contributed by atoms with Gasteiger partial charge in [-0.1, -0.05) is 39.5 Å². The Hall–Kier alpha value is -0.180. The van der Waals surface area contributed by atoms with Crippen molar-refractivity contribution in [1.82, 2.24) is 0 Å². The molecule has 3 atom stereocenters. The van der Waals surface area contributed by atoms with E-state index in [0.29, 0.717) is 5.25 Å². The largest absolute Gasteiger partial charge is 0.480 e. The summed E-state index contributed by atoms with van der Waals surface area (Å²) in [5, 5.41) is 9.59. The maximum Gasteiger partial charge on any atom is 0.316 e. The molecule has 0 spiro atoms. The Balaban J connectivity index is 2.37. The van der Waals surface area contributed by atoms with Gasteiger partial charge in [0.05, 0.1) is 0 Å². The number of aliphatic carboxylic acids is 1. The van der Waals surface area contributed by atoms with E-state index in [1.165, 1.54) is 25.7 Å². The third-order valence-electron chi connectivity index (χ3n) is 3.34. The van der Waals surface area contributed by atoms with Gasteiger partial charge in [-0.2, -0.15) is 0 Å². The molecule has 0 saturated heterocycles. The number of unbranched alkanes of at least 4 members (excludes halogenated alkanes) is 1. The molecule has 0 aromatic carbocycles. The van der Waals surface area contributed by atoms with Crippen molar-refractivity contribution >= 4 is 17.7 Å². The monoisotopic (exact) mass is 244 g/mol. The third kappa shape index (κ3) is 4.77. The first kappa shape index (κ1) is 13.9. The number of hydrogen-bond acceptors (Lipinski definition) is 2. The van der Waals surface area contributed by atoms with Crippen molar-refractivity contribution in [2.75, 3.05) is 0 Å². The minimum absolute atomic E-state index is 0.171. The van der Waals surface area contributed by atoms with Gasteiger partial charge in [-0.05, 0) is 25.2 Å². The maximum atomic E-state index is 11.1. The van der Waals surface area contributed by atoms with Gasteiger partial charge in [-0.3, -0.25) is 4.79 Å². The van der Waals surface area contributed by atoms with Crippen molar-refractivity contribution in [1.29, 1.82) is 0 Å². The number of carbonyl (C=O) groups is 1. The van der Waals surface area contributed by atoms with Crippen LogP contribution in [0.15, 0.2) is 0 Å². The van der Waals surface area contributed by atoms with E-state index < -0.39 is 5.97 Å². The molecule has 0 bridgehead atoms. The van der Waals surface area contributed by atoms with Crippen LogP contribution < -0.4 is 0 Å². The molecule has 1 saturated carbocycles. The molecule has 1 aliphatic carbocycles. The lowest BCUT2D eigenvalue weighted by Crippen LogP contribution is -2.23. The molecule has 0 heterocycles. The number of thioether (sulfide) groups is 1. The van der Waals surface area contributed by atoms with Crippen molar-refractivity contribution in [2.45, 2.75) is 69.3 Å². The molecule has 3 heteroatoms. The van der Waals surface area contributed by atoms with Gasteiger partial charge >= 0.3 is 5.97 Å². The number of hydrogen-bond donors (Lipinski definition) is 1. The SMILES string of the molecule is CCCCC(SC1CCCC(C)C1)C(=O)O. The molecular formula is C13H24O2S. The van der Waals surface area contributed by atoms with E-state index in [1.54, 1.807) is 11.8 Å². The molecule has 1 N–H and O–H groups in total. The average molecular weight is 244 g/mol. The molecule has 2 nitrogen and oxygen atoms in total. The Morgan fingerprint density at radius 3 is 2.81 bits per heavy atom. The van der Waals surface area contributed by atoms with Crippen LogP contribution in [0.5, 0.6) is 0 Å². The van der Waals surface area contributed by atoms with Crippen molar-refractivity contribution in [3.05, 3.63) is 0 Å². The second kappa shape index (κ2) is 7.21. The highest BCUT2D eigenvalue weighted by Crippen LogP contribution is 2.35. The molecule has 0 radical (unpaired) electrons. The summed E-state index contributed by atoms with van der Waals surface area (Å²) >= 11 is 1.72. The molecular weight excluding hydrogens is 220 g/mol. The van der Waals surface area contributed by atoms with Crippen LogP contribution in [0.4, 0.5) is 0 Å². The maximum absolute atomic E-state index is 11.1. The third-order valence-corrected chi connectivity index (χ3v) is 4.92. The van der Waals surface area contributed by atoms with Gasteiger partial charge < -0.3 is 5.11 Å². The standard InChI is InChI=1S/C13H24O2S/c1-3-4-8-12(13(14)15)16-11-7-5-6-10(2)9-11/h10-12H,3-9H2,1-2H3,(H,14,15). The number of rotatable bonds is 6. The van der Waals surface area contributed by atoms with Gasteiger partial charge in [0, 0.05) is 5.25 Å². The first-order valence-electron chi connectivity index (χ1n) is 6.51. The molecule has 0 aromatic rings. The Morgan fingerprint density at radius 2 is 2.25 bits per heavy atom. The Kier molecular flexibility index (Phi) is 6.25. The van der Waals surface area contributed by atoms with E-state index in [-0.39, 0.29) is 5.25 Å².